The third kappa shape index (κ3) is 3.06. The first-order valence-corrected chi connectivity index (χ1v) is 6.00. The number of hydrogen-bond acceptors (Lipinski definition) is 2. The number of carbonyl (C=O) groups is 1. The van der Waals surface area contributed by atoms with Crippen LogP contribution < -0.4 is 5.32 Å². The van der Waals surface area contributed by atoms with E-state index in [0.29, 0.717) is 12.6 Å². The van der Waals surface area contributed by atoms with Crippen LogP contribution in [0.2, 0.25) is 0 Å². The molecule has 1 aromatic heterocycles. The Balaban J connectivity index is 1.81. The number of aromatic nitrogens is 2. The number of amides is 1. The summed E-state index contributed by atoms with van der Waals surface area (Å²) in [6.07, 6.45) is 8.19. The molecule has 0 saturated heterocycles. The molecule has 1 aliphatic carbocycles. The molecule has 0 spiro atoms. The highest BCUT2D eigenvalue weighted by atomic mass is 79.9. The number of rotatable bonds is 3. The van der Waals surface area contributed by atoms with Gasteiger partial charge in [-0.3, -0.25) is 9.48 Å². The Morgan fingerprint density at radius 1 is 1.60 bits per heavy atom. The molecular weight excluding hydrogens is 258 g/mol. The molecule has 5 heteroatoms. The lowest BCUT2D eigenvalue weighted by atomic mass is 10.2. The van der Waals surface area contributed by atoms with Crippen LogP contribution >= 0.6 is 15.9 Å². The van der Waals surface area contributed by atoms with Crippen LogP contribution in [0.15, 0.2) is 16.9 Å². The number of carbonyl (C=O) groups excluding carboxylic acids is 1. The Hall–Kier alpha value is -0.840. The lowest BCUT2D eigenvalue weighted by Gasteiger charge is -2.11. The van der Waals surface area contributed by atoms with Crippen LogP contribution in [0.25, 0.3) is 0 Å². The van der Waals surface area contributed by atoms with Gasteiger partial charge in [-0.05, 0) is 28.8 Å². The zero-order valence-electron chi connectivity index (χ0n) is 8.45. The summed E-state index contributed by atoms with van der Waals surface area (Å²) in [6.45, 7) is 0.308. The van der Waals surface area contributed by atoms with Crippen LogP contribution in [0.4, 0.5) is 0 Å². The van der Waals surface area contributed by atoms with E-state index in [-0.39, 0.29) is 5.91 Å². The molecule has 1 aromatic rings. The number of hydrogen-bond donors (Lipinski definition) is 1. The monoisotopic (exact) mass is 271 g/mol. The van der Waals surface area contributed by atoms with Crippen molar-refractivity contribution in [2.45, 2.75) is 38.3 Å². The van der Waals surface area contributed by atoms with Crippen LogP contribution in [0, 0.1) is 0 Å². The van der Waals surface area contributed by atoms with E-state index in [2.05, 4.69) is 26.3 Å². The molecule has 0 aromatic carbocycles. The molecule has 0 unspecified atom stereocenters. The van der Waals surface area contributed by atoms with Gasteiger partial charge >= 0.3 is 0 Å². The Labute approximate surface area is 97.2 Å². The van der Waals surface area contributed by atoms with Crippen molar-refractivity contribution >= 4 is 21.8 Å². The molecule has 1 aliphatic rings. The second-order valence-corrected chi connectivity index (χ2v) is 4.82. The maximum Gasteiger partial charge on any atom is 0.241 e. The smallest absolute Gasteiger partial charge is 0.241 e. The minimum Gasteiger partial charge on any atom is -0.352 e. The van der Waals surface area contributed by atoms with Crippen molar-refractivity contribution in [2.75, 3.05) is 0 Å². The normalized spacial score (nSPS) is 16.9. The fourth-order valence-electron chi connectivity index (χ4n) is 1.92. The summed E-state index contributed by atoms with van der Waals surface area (Å²) in [6, 6.07) is 0.386. The molecule has 4 nitrogen and oxygen atoms in total. The second kappa shape index (κ2) is 4.79. The van der Waals surface area contributed by atoms with Crippen molar-refractivity contribution in [3.8, 4) is 0 Å². The molecule has 1 fully saturated rings. The first-order chi connectivity index (χ1) is 7.24. The van der Waals surface area contributed by atoms with E-state index in [1.807, 2.05) is 0 Å². The molecule has 1 heterocycles. The summed E-state index contributed by atoms with van der Waals surface area (Å²) >= 11 is 3.30. The van der Waals surface area contributed by atoms with Crippen molar-refractivity contribution in [1.82, 2.24) is 15.1 Å². The minimum atomic E-state index is 0.0532. The Kier molecular flexibility index (Phi) is 3.41. The quantitative estimate of drug-likeness (QED) is 0.910. The van der Waals surface area contributed by atoms with E-state index in [0.717, 1.165) is 17.3 Å². The van der Waals surface area contributed by atoms with Gasteiger partial charge in [0.25, 0.3) is 0 Å². The van der Waals surface area contributed by atoms with E-state index in [4.69, 9.17) is 0 Å². The van der Waals surface area contributed by atoms with Crippen LogP contribution in [0.3, 0.4) is 0 Å². The highest BCUT2D eigenvalue weighted by Gasteiger charge is 2.17. The summed E-state index contributed by atoms with van der Waals surface area (Å²) < 4.78 is 2.53. The van der Waals surface area contributed by atoms with Crippen molar-refractivity contribution in [1.29, 1.82) is 0 Å². The van der Waals surface area contributed by atoms with E-state index >= 15 is 0 Å². The first kappa shape index (κ1) is 10.7. The molecule has 15 heavy (non-hydrogen) atoms. The molecule has 0 bridgehead atoms. The van der Waals surface area contributed by atoms with Crippen molar-refractivity contribution in [3.63, 3.8) is 0 Å². The average Bonchev–Trinajstić information content (AvgIpc) is 2.77. The molecule has 0 radical (unpaired) electrons. The molecule has 0 atom stereocenters. The lowest BCUT2D eigenvalue weighted by Crippen LogP contribution is -2.35. The van der Waals surface area contributed by atoms with Gasteiger partial charge in [-0.1, -0.05) is 12.8 Å². The van der Waals surface area contributed by atoms with Crippen molar-refractivity contribution in [3.05, 3.63) is 16.9 Å². The SMILES string of the molecule is O=C(Cn1cc(Br)cn1)NC1CCCC1. The van der Waals surface area contributed by atoms with E-state index < -0.39 is 0 Å². The minimum absolute atomic E-state index is 0.0532. The summed E-state index contributed by atoms with van der Waals surface area (Å²) in [7, 11) is 0. The predicted octanol–water partition coefficient (Wildman–Crippen LogP) is 1.70. The second-order valence-electron chi connectivity index (χ2n) is 3.91. The molecule has 1 N–H and O–H groups in total. The first-order valence-electron chi connectivity index (χ1n) is 5.21. The summed E-state index contributed by atoms with van der Waals surface area (Å²) in [5.74, 6) is 0.0532. The molecule has 82 valence electrons. The van der Waals surface area contributed by atoms with Crippen LogP contribution in [0.5, 0.6) is 0 Å². The van der Waals surface area contributed by atoms with Gasteiger partial charge in [0.2, 0.25) is 5.91 Å². The molecule has 2 rings (SSSR count). The van der Waals surface area contributed by atoms with Gasteiger partial charge in [0.05, 0.1) is 10.7 Å². The van der Waals surface area contributed by atoms with E-state index in [1.165, 1.54) is 12.8 Å². The molecular formula is C10H14BrN3O. The third-order valence-electron chi connectivity index (χ3n) is 2.63. The average molecular weight is 272 g/mol. The Morgan fingerprint density at radius 2 is 2.33 bits per heavy atom. The maximum absolute atomic E-state index is 11.6. The largest absolute Gasteiger partial charge is 0.352 e. The zero-order valence-corrected chi connectivity index (χ0v) is 10.0. The lowest BCUT2D eigenvalue weighted by molar-refractivity contribution is -0.122. The predicted molar refractivity (Wildman–Crippen MR) is 60.3 cm³/mol. The van der Waals surface area contributed by atoms with Gasteiger partial charge in [0, 0.05) is 12.2 Å². The zero-order chi connectivity index (χ0) is 10.7. The Bertz CT molecular complexity index is 344. The van der Waals surface area contributed by atoms with E-state index in [1.54, 1.807) is 17.1 Å². The van der Waals surface area contributed by atoms with Gasteiger partial charge in [-0.25, -0.2) is 0 Å². The fourth-order valence-corrected chi connectivity index (χ4v) is 2.24. The van der Waals surface area contributed by atoms with Crippen molar-refractivity contribution in [2.24, 2.45) is 0 Å². The molecule has 0 aliphatic heterocycles. The number of halogens is 1. The summed E-state index contributed by atoms with van der Waals surface area (Å²) in [4.78, 5) is 11.6. The van der Waals surface area contributed by atoms with Gasteiger partial charge in [0.15, 0.2) is 0 Å². The molecule has 1 amide bonds. The van der Waals surface area contributed by atoms with Crippen LogP contribution in [0.1, 0.15) is 25.7 Å². The Morgan fingerprint density at radius 3 is 2.93 bits per heavy atom. The number of nitrogens with zero attached hydrogens (tertiary/aromatic N) is 2. The highest BCUT2D eigenvalue weighted by molar-refractivity contribution is 9.10. The van der Waals surface area contributed by atoms with Gasteiger partial charge in [-0.15, -0.1) is 0 Å². The van der Waals surface area contributed by atoms with E-state index in [9.17, 15) is 4.79 Å². The van der Waals surface area contributed by atoms with Crippen LogP contribution in [-0.2, 0) is 11.3 Å². The highest BCUT2D eigenvalue weighted by Crippen LogP contribution is 2.17. The van der Waals surface area contributed by atoms with Gasteiger partial charge in [0.1, 0.15) is 6.54 Å². The number of nitrogens with one attached hydrogen (secondary N) is 1. The summed E-state index contributed by atoms with van der Waals surface area (Å²) in [5.41, 5.74) is 0. The van der Waals surface area contributed by atoms with Gasteiger partial charge in [-0.2, -0.15) is 5.10 Å². The standard InChI is InChI=1S/C10H14BrN3O/c11-8-5-12-14(6-8)7-10(15)13-9-3-1-2-4-9/h5-6,9H,1-4,7H2,(H,13,15). The van der Waals surface area contributed by atoms with Crippen molar-refractivity contribution < 1.29 is 4.79 Å². The maximum atomic E-state index is 11.6. The topological polar surface area (TPSA) is 46.9 Å². The molecule has 1 saturated carbocycles. The fraction of sp³-hybridized carbons (Fsp3) is 0.600. The van der Waals surface area contributed by atoms with Crippen LogP contribution in [-0.4, -0.2) is 21.7 Å². The summed E-state index contributed by atoms with van der Waals surface area (Å²) in [5, 5.41) is 7.06. The van der Waals surface area contributed by atoms with Gasteiger partial charge < -0.3 is 5.32 Å². The third-order valence-corrected chi connectivity index (χ3v) is 3.04.